The predicted octanol–water partition coefficient (Wildman–Crippen LogP) is 3.30. The summed E-state index contributed by atoms with van der Waals surface area (Å²) in [5, 5.41) is 6.57. The number of methoxy groups -OCH3 is 1. The molecule has 0 saturated carbocycles. The minimum absolute atomic E-state index is 0.415. The predicted molar refractivity (Wildman–Crippen MR) is 71.5 cm³/mol. The summed E-state index contributed by atoms with van der Waals surface area (Å²) in [4.78, 5) is 0. The van der Waals surface area contributed by atoms with Crippen molar-refractivity contribution in [2.24, 2.45) is 0 Å². The minimum Gasteiger partial charge on any atom is -0.383 e. The number of thioether (sulfide) groups is 1. The van der Waals surface area contributed by atoms with Crippen LogP contribution in [0.4, 0.5) is 0 Å². The van der Waals surface area contributed by atoms with Crippen LogP contribution in [-0.4, -0.2) is 25.0 Å². The molecule has 0 amide bonds. The van der Waals surface area contributed by atoms with Crippen LogP contribution in [0.3, 0.4) is 0 Å². The fourth-order valence-electron chi connectivity index (χ4n) is 2.15. The summed E-state index contributed by atoms with van der Waals surface area (Å²) in [6.07, 6.45) is 1.21. The van der Waals surface area contributed by atoms with Crippen LogP contribution in [0, 0.1) is 0 Å². The average molecular weight is 257 g/mol. The van der Waals surface area contributed by atoms with E-state index in [1.807, 2.05) is 23.1 Å². The molecule has 2 rings (SSSR count). The summed E-state index contributed by atoms with van der Waals surface area (Å²) in [6.45, 7) is 5.27. The molecule has 0 aromatic carbocycles. The molecule has 1 aliphatic heterocycles. The van der Waals surface area contributed by atoms with Crippen molar-refractivity contribution in [3.8, 4) is 0 Å². The highest BCUT2D eigenvalue weighted by atomic mass is 32.2. The number of thiophene rings is 1. The number of fused-ring (bicyclic) bond motifs is 1. The quantitative estimate of drug-likeness (QED) is 0.894. The summed E-state index contributed by atoms with van der Waals surface area (Å²) in [5.74, 6) is 0. The van der Waals surface area contributed by atoms with E-state index in [4.69, 9.17) is 4.74 Å². The van der Waals surface area contributed by atoms with E-state index in [0.29, 0.717) is 17.3 Å². The lowest BCUT2D eigenvalue weighted by molar-refractivity contribution is 0.165. The molecule has 2 heterocycles. The van der Waals surface area contributed by atoms with Crippen molar-refractivity contribution in [3.63, 3.8) is 0 Å². The van der Waals surface area contributed by atoms with Gasteiger partial charge in [-0.15, -0.1) is 23.1 Å². The molecule has 1 N–H and O–H groups in total. The number of hydrogen-bond donors (Lipinski definition) is 1. The Morgan fingerprint density at radius 1 is 1.62 bits per heavy atom. The molecule has 0 saturated heterocycles. The van der Waals surface area contributed by atoms with Gasteiger partial charge in [0.05, 0.1) is 10.8 Å². The third-order valence-electron chi connectivity index (χ3n) is 2.81. The molecular weight excluding hydrogens is 238 g/mol. The fourth-order valence-corrected chi connectivity index (χ4v) is 4.72. The summed E-state index contributed by atoms with van der Waals surface area (Å²) in [5.41, 5.74) is 1.48. The lowest BCUT2D eigenvalue weighted by Gasteiger charge is -2.30. The van der Waals surface area contributed by atoms with Gasteiger partial charge in [-0.2, -0.15) is 0 Å². The van der Waals surface area contributed by atoms with Crippen molar-refractivity contribution in [2.45, 2.75) is 41.8 Å². The van der Waals surface area contributed by atoms with Gasteiger partial charge in [-0.25, -0.2) is 0 Å². The molecule has 2 unspecified atom stereocenters. The zero-order valence-corrected chi connectivity index (χ0v) is 11.7. The third kappa shape index (κ3) is 2.80. The Kier molecular flexibility index (Phi) is 4.30. The fraction of sp³-hybridized carbons (Fsp3) is 0.667. The van der Waals surface area contributed by atoms with Crippen molar-refractivity contribution >= 4 is 23.1 Å². The van der Waals surface area contributed by atoms with Crippen LogP contribution in [-0.2, 0) is 4.74 Å². The van der Waals surface area contributed by atoms with Gasteiger partial charge in [0, 0.05) is 24.4 Å². The Morgan fingerprint density at radius 2 is 2.44 bits per heavy atom. The molecule has 3 atom stereocenters. The zero-order valence-electron chi connectivity index (χ0n) is 10.0. The number of ether oxygens (including phenoxy) is 1. The van der Waals surface area contributed by atoms with Crippen LogP contribution in [0.2, 0.25) is 0 Å². The van der Waals surface area contributed by atoms with Crippen LogP contribution < -0.4 is 5.32 Å². The van der Waals surface area contributed by atoms with E-state index in [0.717, 1.165) is 6.61 Å². The van der Waals surface area contributed by atoms with Crippen molar-refractivity contribution < 1.29 is 4.74 Å². The molecule has 16 heavy (non-hydrogen) atoms. The second kappa shape index (κ2) is 5.54. The van der Waals surface area contributed by atoms with Crippen molar-refractivity contribution in [2.75, 3.05) is 13.7 Å². The molecule has 1 aliphatic rings. The zero-order chi connectivity index (χ0) is 11.5. The summed E-state index contributed by atoms with van der Waals surface area (Å²) in [7, 11) is 1.76. The summed E-state index contributed by atoms with van der Waals surface area (Å²) < 4.78 is 6.66. The molecule has 0 radical (unpaired) electrons. The average Bonchev–Trinajstić information content (AvgIpc) is 2.65. The molecule has 0 aliphatic carbocycles. The van der Waals surface area contributed by atoms with E-state index in [9.17, 15) is 0 Å². The van der Waals surface area contributed by atoms with Gasteiger partial charge >= 0.3 is 0 Å². The maximum Gasteiger partial charge on any atom is 0.0649 e. The normalized spacial score (nSPS) is 26.4. The minimum atomic E-state index is 0.415. The van der Waals surface area contributed by atoms with Gasteiger partial charge in [0.2, 0.25) is 0 Å². The van der Waals surface area contributed by atoms with E-state index in [-0.39, 0.29) is 0 Å². The van der Waals surface area contributed by atoms with Gasteiger partial charge in [0.25, 0.3) is 0 Å². The highest BCUT2D eigenvalue weighted by molar-refractivity contribution is 8.01. The second-order valence-electron chi connectivity index (χ2n) is 4.40. The number of hydrogen-bond acceptors (Lipinski definition) is 4. The van der Waals surface area contributed by atoms with Crippen LogP contribution in [0.25, 0.3) is 0 Å². The first-order valence-electron chi connectivity index (χ1n) is 5.69. The van der Waals surface area contributed by atoms with Crippen molar-refractivity contribution in [1.82, 2.24) is 5.32 Å². The highest BCUT2D eigenvalue weighted by Gasteiger charge is 2.26. The SMILES string of the molecule is COCC(C)NC1C[C@H](C)Sc2sccc21. The lowest BCUT2D eigenvalue weighted by atomic mass is 10.0. The van der Waals surface area contributed by atoms with Crippen LogP contribution in [0.1, 0.15) is 31.9 Å². The number of rotatable bonds is 4. The molecule has 1 aromatic rings. The van der Waals surface area contributed by atoms with Crippen molar-refractivity contribution in [1.29, 1.82) is 0 Å². The largest absolute Gasteiger partial charge is 0.383 e. The Bertz CT molecular complexity index is 340. The third-order valence-corrected chi connectivity index (χ3v) is 5.16. The van der Waals surface area contributed by atoms with Gasteiger partial charge < -0.3 is 10.1 Å². The maximum absolute atomic E-state index is 5.18. The molecule has 0 bridgehead atoms. The van der Waals surface area contributed by atoms with E-state index < -0.39 is 0 Å². The van der Waals surface area contributed by atoms with Gasteiger partial charge in [-0.3, -0.25) is 0 Å². The highest BCUT2D eigenvalue weighted by Crippen LogP contribution is 2.43. The lowest BCUT2D eigenvalue weighted by Crippen LogP contribution is -2.36. The van der Waals surface area contributed by atoms with Crippen molar-refractivity contribution in [3.05, 3.63) is 17.0 Å². The van der Waals surface area contributed by atoms with E-state index in [1.165, 1.54) is 16.2 Å². The smallest absolute Gasteiger partial charge is 0.0649 e. The first-order chi connectivity index (χ1) is 7.70. The number of nitrogens with one attached hydrogen (secondary N) is 1. The molecular formula is C12H19NOS2. The molecule has 0 spiro atoms. The molecule has 4 heteroatoms. The Labute approximate surface area is 106 Å². The summed E-state index contributed by atoms with van der Waals surface area (Å²) >= 11 is 3.88. The van der Waals surface area contributed by atoms with Crippen LogP contribution in [0.5, 0.6) is 0 Å². The maximum atomic E-state index is 5.18. The topological polar surface area (TPSA) is 21.3 Å². The first-order valence-corrected chi connectivity index (χ1v) is 7.45. The van der Waals surface area contributed by atoms with E-state index in [1.54, 1.807) is 7.11 Å². The standard InChI is InChI=1S/C12H19NOS2/c1-8(7-14-3)13-11-6-9(2)16-12-10(11)4-5-15-12/h4-5,8-9,11,13H,6-7H2,1-3H3/t8?,9-,11?/m0/s1. The first kappa shape index (κ1) is 12.4. The van der Waals surface area contributed by atoms with E-state index >= 15 is 0 Å². The molecule has 2 nitrogen and oxygen atoms in total. The monoisotopic (exact) mass is 257 g/mol. The van der Waals surface area contributed by atoms with Gasteiger partial charge in [-0.05, 0) is 30.4 Å². The summed E-state index contributed by atoms with van der Waals surface area (Å²) in [6, 6.07) is 3.18. The Morgan fingerprint density at radius 3 is 3.19 bits per heavy atom. The van der Waals surface area contributed by atoms with E-state index in [2.05, 4.69) is 30.6 Å². The molecule has 0 fully saturated rings. The Hall–Kier alpha value is -0.0300. The van der Waals surface area contributed by atoms with Gasteiger partial charge in [0.15, 0.2) is 0 Å². The second-order valence-corrected chi connectivity index (χ2v) is 7.03. The van der Waals surface area contributed by atoms with Crippen LogP contribution >= 0.6 is 23.1 Å². The van der Waals surface area contributed by atoms with Crippen LogP contribution in [0.15, 0.2) is 15.7 Å². The molecule has 1 aromatic heterocycles. The van der Waals surface area contributed by atoms with Gasteiger partial charge in [0.1, 0.15) is 0 Å². The molecule has 90 valence electrons. The van der Waals surface area contributed by atoms with Gasteiger partial charge in [-0.1, -0.05) is 6.92 Å². The Balaban J connectivity index is 2.05.